The molecule has 0 unspecified atom stereocenters. The number of ether oxygens (including phenoxy) is 1. The topological polar surface area (TPSA) is 44.1 Å². The number of hydrogen-bond donors (Lipinski definition) is 0. The van der Waals surface area contributed by atoms with E-state index in [-0.39, 0.29) is 18.1 Å². The first kappa shape index (κ1) is 14.6. The molecule has 2 heterocycles. The minimum atomic E-state index is -0.357. The van der Waals surface area contributed by atoms with Crippen LogP contribution in [0.15, 0.2) is 53.7 Å². The second-order valence-electron chi connectivity index (χ2n) is 4.76. The monoisotopic (exact) mass is 316 g/mol. The lowest BCUT2D eigenvalue weighted by Crippen LogP contribution is -2.03. The van der Waals surface area contributed by atoms with Crippen LogP contribution in [0, 0.1) is 0 Å². The van der Waals surface area contributed by atoms with Crippen LogP contribution in [0.1, 0.15) is 15.9 Å². The van der Waals surface area contributed by atoms with Gasteiger partial charge in [0.05, 0.1) is 29.7 Å². The fourth-order valence-electron chi connectivity index (χ4n) is 2.32. The summed E-state index contributed by atoms with van der Waals surface area (Å²) in [6.07, 6.45) is 3.48. The maximum Gasteiger partial charge on any atom is 0.337 e. The Bertz CT molecular complexity index is 815. The lowest BCUT2D eigenvalue weighted by atomic mass is 10.1. The van der Waals surface area contributed by atoms with Crippen molar-refractivity contribution < 1.29 is 13.4 Å². The highest BCUT2D eigenvalue weighted by Crippen LogP contribution is 2.28. The number of pyridine rings is 1. The molecule has 3 rings (SSSR count). The number of carbonyl (C=O) groups excluding carboxylic acids is 1. The minimum Gasteiger partial charge on any atom is -0.465 e. The Labute approximate surface area is 131 Å². The molecule has 2 aromatic heterocycles. The Balaban J connectivity index is 1.89. The lowest BCUT2D eigenvalue weighted by Gasteiger charge is -2.06. The Kier molecular flexibility index (Phi) is 4.11. The third-order valence-corrected chi connectivity index (χ3v) is 3.96. The van der Waals surface area contributed by atoms with Crippen molar-refractivity contribution in [2.45, 2.75) is 11.4 Å². The average Bonchev–Trinajstić information content (AvgIpc) is 2.98. The summed E-state index contributed by atoms with van der Waals surface area (Å²) in [6.45, 7) is 0.596. The number of benzene rings is 1. The molecule has 112 valence electrons. The molecular formula is C16H13FN2O2S. The van der Waals surface area contributed by atoms with Gasteiger partial charge in [0.2, 0.25) is 0 Å². The van der Waals surface area contributed by atoms with Gasteiger partial charge in [-0.1, -0.05) is 12.1 Å². The van der Waals surface area contributed by atoms with Crippen LogP contribution in [-0.4, -0.2) is 22.6 Å². The Morgan fingerprint density at radius 1 is 1.27 bits per heavy atom. The molecule has 0 saturated heterocycles. The normalized spacial score (nSPS) is 10.8. The van der Waals surface area contributed by atoms with Crippen molar-refractivity contribution in [1.82, 2.24) is 9.55 Å². The molecule has 0 N–H and O–H groups in total. The molecular weight excluding hydrogens is 303 g/mol. The predicted molar refractivity (Wildman–Crippen MR) is 83.6 cm³/mol. The maximum atomic E-state index is 12.9. The van der Waals surface area contributed by atoms with Gasteiger partial charge < -0.3 is 9.30 Å². The SMILES string of the molecule is COC(=O)c1ccc(Cn2ccc3c(SF)ccnc32)cc1. The second kappa shape index (κ2) is 6.19. The molecule has 0 saturated carbocycles. The van der Waals surface area contributed by atoms with Gasteiger partial charge in [-0.2, -0.15) is 3.89 Å². The van der Waals surface area contributed by atoms with Crippen molar-refractivity contribution in [3.8, 4) is 0 Å². The van der Waals surface area contributed by atoms with E-state index in [4.69, 9.17) is 0 Å². The summed E-state index contributed by atoms with van der Waals surface area (Å²) in [5.74, 6) is -0.357. The number of rotatable bonds is 4. The van der Waals surface area contributed by atoms with Gasteiger partial charge in [0.25, 0.3) is 0 Å². The van der Waals surface area contributed by atoms with Gasteiger partial charge in [0.15, 0.2) is 0 Å². The molecule has 1 aromatic carbocycles. The standard InChI is InChI=1S/C16H13FN2O2S/c1-21-16(20)12-4-2-11(3-5-12)10-19-9-7-13-14(22-17)6-8-18-15(13)19/h2-9H,10H2,1H3. The largest absolute Gasteiger partial charge is 0.465 e. The van der Waals surface area contributed by atoms with Gasteiger partial charge in [-0.05, 0) is 29.8 Å². The summed E-state index contributed by atoms with van der Waals surface area (Å²) in [6, 6.07) is 10.7. The van der Waals surface area contributed by atoms with E-state index < -0.39 is 0 Å². The molecule has 0 aliphatic rings. The molecule has 0 amide bonds. The Morgan fingerprint density at radius 3 is 2.73 bits per heavy atom. The first-order valence-corrected chi connectivity index (χ1v) is 7.34. The highest BCUT2D eigenvalue weighted by molar-refractivity contribution is 7.94. The maximum absolute atomic E-state index is 12.9. The third kappa shape index (κ3) is 2.69. The van der Waals surface area contributed by atoms with E-state index in [1.807, 2.05) is 29.0 Å². The zero-order chi connectivity index (χ0) is 15.5. The van der Waals surface area contributed by atoms with Crippen LogP contribution in [0.5, 0.6) is 0 Å². The fraction of sp³-hybridized carbons (Fsp3) is 0.125. The number of aromatic nitrogens is 2. The van der Waals surface area contributed by atoms with E-state index in [2.05, 4.69) is 9.72 Å². The molecule has 0 bridgehead atoms. The van der Waals surface area contributed by atoms with Crippen LogP contribution >= 0.6 is 12.1 Å². The number of methoxy groups -OCH3 is 1. The van der Waals surface area contributed by atoms with Crippen molar-refractivity contribution >= 4 is 29.2 Å². The third-order valence-electron chi connectivity index (χ3n) is 3.43. The van der Waals surface area contributed by atoms with E-state index in [0.29, 0.717) is 17.0 Å². The van der Waals surface area contributed by atoms with Gasteiger partial charge in [0.1, 0.15) is 5.65 Å². The summed E-state index contributed by atoms with van der Waals surface area (Å²) < 4.78 is 19.5. The number of esters is 1. The van der Waals surface area contributed by atoms with E-state index in [0.717, 1.165) is 16.6 Å². The highest BCUT2D eigenvalue weighted by atomic mass is 32.2. The van der Waals surface area contributed by atoms with Crippen LogP contribution in [0.25, 0.3) is 11.0 Å². The second-order valence-corrected chi connectivity index (χ2v) is 5.35. The van der Waals surface area contributed by atoms with Crippen LogP contribution in [0.2, 0.25) is 0 Å². The summed E-state index contributed by atoms with van der Waals surface area (Å²) >= 11 is 0.221. The summed E-state index contributed by atoms with van der Waals surface area (Å²) in [7, 11) is 1.36. The lowest BCUT2D eigenvalue weighted by molar-refractivity contribution is 0.0600. The molecule has 3 aromatic rings. The van der Waals surface area contributed by atoms with Crippen LogP contribution in [0.3, 0.4) is 0 Å². The molecule has 0 fully saturated rings. The molecule has 0 atom stereocenters. The minimum absolute atomic E-state index is 0.221. The zero-order valence-corrected chi connectivity index (χ0v) is 12.6. The molecule has 4 nitrogen and oxygen atoms in total. The Hall–Kier alpha value is -2.34. The number of halogens is 1. The first-order chi connectivity index (χ1) is 10.7. The van der Waals surface area contributed by atoms with Gasteiger partial charge in [-0.3, -0.25) is 0 Å². The van der Waals surface area contributed by atoms with Gasteiger partial charge in [-0.25, -0.2) is 9.78 Å². The van der Waals surface area contributed by atoms with Crippen LogP contribution < -0.4 is 0 Å². The van der Waals surface area contributed by atoms with Crippen molar-refractivity contribution in [3.63, 3.8) is 0 Å². The molecule has 0 spiro atoms. The molecule has 6 heteroatoms. The van der Waals surface area contributed by atoms with Gasteiger partial charge >= 0.3 is 5.97 Å². The van der Waals surface area contributed by atoms with E-state index >= 15 is 0 Å². The van der Waals surface area contributed by atoms with Gasteiger partial charge in [0, 0.05) is 24.3 Å². The molecule has 0 aliphatic carbocycles. The van der Waals surface area contributed by atoms with Crippen LogP contribution in [-0.2, 0) is 11.3 Å². The zero-order valence-electron chi connectivity index (χ0n) is 11.8. The van der Waals surface area contributed by atoms with E-state index in [1.54, 1.807) is 24.4 Å². The van der Waals surface area contributed by atoms with E-state index in [9.17, 15) is 8.68 Å². The first-order valence-electron chi connectivity index (χ1n) is 6.62. The van der Waals surface area contributed by atoms with E-state index in [1.165, 1.54) is 7.11 Å². The van der Waals surface area contributed by atoms with Crippen molar-refractivity contribution in [1.29, 1.82) is 0 Å². The summed E-state index contributed by atoms with van der Waals surface area (Å²) in [5, 5.41) is 0.793. The number of carbonyl (C=O) groups is 1. The van der Waals surface area contributed by atoms with Crippen molar-refractivity contribution in [2.24, 2.45) is 0 Å². The summed E-state index contributed by atoms with van der Waals surface area (Å²) in [4.78, 5) is 16.3. The predicted octanol–water partition coefficient (Wildman–Crippen LogP) is 3.85. The summed E-state index contributed by atoms with van der Waals surface area (Å²) in [5.41, 5.74) is 2.27. The van der Waals surface area contributed by atoms with Crippen LogP contribution in [0.4, 0.5) is 3.89 Å². The Morgan fingerprint density at radius 2 is 2.05 bits per heavy atom. The molecule has 22 heavy (non-hydrogen) atoms. The van der Waals surface area contributed by atoms with Gasteiger partial charge in [-0.15, -0.1) is 0 Å². The fourth-order valence-corrected chi connectivity index (χ4v) is 2.68. The van der Waals surface area contributed by atoms with Crippen molar-refractivity contribution in [2.75, 3.05) is 7.11 Å². The molecule has 0 aliphatic heterocycles. The quantitative estimate of drug-likeness (QED) is 0.686. The highest BCUT2D eigenvalue weighted by Gasteiger charge is 2.09. The number of nitrogens with zero attached hydrogens (tertiary/aromatic N) is 2. The molecule has 0 radical (unpaired) electrons. The number of fused-ring (bicyclic) bond motifs is 1. The van der Waals surface area contributed by atoms with Crippen molar-refractivity contribution in [3.05, 3.63) is 59.9 Å². The number of hydrogen-bond acceptors (Lipinski definition) is 4. The smallest absolute Gasteiger partial charge is 0.337 e. The average molecular weight is 316 g/mol.